The van der Waals surface area contributed by atoms with Gasteiger partial charge in [-0.2, -0.15) is 23.8 Å². The largest absolute Gasteiger partial charge is 0.508 e. The van der Waals surface area contributed by atoms with Crippen LogP contribution in [0.3, 0.4) is 0 Å². The van der Waals surface area contributed by atoms with Crippen molar-refractivity contribution in [1.82, 2.24) is 0 Å². The number of phenolic OH excluding ortho intramolecular Hbond substituents is 3. The summed E-state index contributed by atoms with van der Waals surface area (Å²) in [4.78, 5) is 10.0. The molecule has 0 fully saturated rings. The highest BCUT2D eigenvalue weighted by molar-refractivity contribution is 7.95. The summed E-state index contributed by atoms with van der Waals surface area (Å²) in [6.45, 7) is 0. The zero-order valence-electron chi connectivity index (χ0n) is 31.1. The van der Waals surface area contributed by atoms with E-state index in [4.69, 9.17) is 15.3 Å². The maximum atomic E-state index is 12.0. The molecule has 25 heteroatoms. The van der Waals surface area contributed by atoms with Crippen LogP contribution in [0, 0.1) is 10.1 Å². The highest BCUT2D eigenvalue weighted by Gasteiger charge is 2.20. The molecule has 0 aromatic heterocycles. The molecule has 6 N–H and O–H groups in total. The van der Waals surface area contributed by atoms with Gasteiger partial charge in [-0.15, -0.1) is 24.0 Å². The molecule has 0 saturated carbocycles. The Bertz CT molecular complexity index is 2880. The van der Waals surface area contributed by atoms with E-state index in [-0.39, 0.29) is 55.4 Å². The van der Waals surface area contributed by atoms with E-state index in [9.17, 15) is 38.4 Å². The fraction of sp³-hybridized carbons (Fsp3) is 0.0270. The fourth-order valence-electron chi connectivity index (χ4n) is 5.36. The molecule has 22 nitrogen and oxygen atoms in total. The molecule has 0 aliphatic carbocycles. The summed E-state index contributed by atoms with van der Waals surface area (Å²) >= 11 is 1.02. The van der Waals surface area contributed by atoms with Gasteiger partial charge in [0.1, 0.15) is 39.2 Å². The van der Waals surface area contributed by atoms with Crippen molar-refractivity contribution in [3.8, 4) is 23.0 Å². The number of hydrogen-bond acceptors (Lipinski definition) is 22. The average Bonchev–Trinajstić information content (AvgIpc) is 3.25. The topological polar surface area (TPSA) is 319 Å². The van der Waals surface area contributed by atoms with Gasteiger partial charge in [0.25, 0.3) is 15.8 Å². The van der Waals surface area contributed by atoms with E-state index in [0.29, 0.717) is 57.9 Å². The molecule has 0 saturated heterocycles. The number of ether oxygens (including phenoxy) is 1. The van der Waals surface area contributed by atoms with Gasteiger partial charge in [-0.05, 0) is 83.2 Å². The second-order valence-corrected chi connectivity index (χ2v) is 14.9. The van der Waals surface area contributed by atoms with Crippen LogP contribution in [0.2, 0.25) is 0 Å². The number of nitro benzene ring substituents is 1. The van der Waals surface area contributed by atoms with Crippen LogP contribution in [0.1, 0.15) is 11.1 Å². The molecule has 0 bridgehead atoms. The highest BCUT2D eigenvalue weighted by atomic mass is 32.2. The summed E-state index contributed by atoms with van der Waals surface area (Å²) < 4.78 is 48.2. The monoisotopic (exact) mass is 905 g/mol. The van der Waals surface area contributed by atoms with Crippen molar-refractivity contribution < 1.29 is 67.2 Å². The van der Waals surface area contributed by atoms with Crippen molar-refractivity contribution in [1.29, 1.82) is 0 Å². The lowest BCUT2D eigenvalue weighted by Crippen LogP contribution is -2.02. The Labute approximate surface area is 356 Å². The molecule has 0 aliphatic heterocycles. The standard InChI is InChI=1S/C37H27N7O15S3/c1-55-32-19-29(41-43-36-34(61-59-57-51)15-22-14-24(9-13-28(22)37(36)47)39-38-23-7-11-27(45)12-8-23)31(46)18-30(32)42-40-25-6-4-20(33(16-25)60-58-56-50)2-3-21-5-10-26(44(48)49)17-35(21)62(52,53)54/h2-19,45-47,50-51H,1H3,(H,52,53,54). The van der Waals surface area contributed by atoms with Gasteiger partial charge in [-0.3, -0.25) is 14.7 Å². The SMILES string of the molecule is COc1cc(N=Nc2c(SOOO)cc3cc(N=Nc4ccc(O)cc4)ccc3c2O)c(O)cc1N=Nc1ccc(C=Cc2ccc([N+](=O)[O-])cc2S(=O)(=O)O)c(SOOO)c1. The molecule has 0 radical (unpaired) electrons. The van der Waals surface area contributed by atoms with Crippen molar-refractivity contribution in [3.05, 3.63) is 118 Å². The smallest absolute Gasteiger partial charge is 0.295 e. The third-order valence-corrected chi connectivity index (χ3v) is 10.4. The molecule has 62 heavy (non-hydrogen) atoms. The second kappa shape index (κ2) is 20.1. The zero-order chi connectivity index (χ0) is 44.4. The van der Waals surface area contributed by atoms with Gasteiger partial charge >= 0.3 is 0 Å². The number of nitro groups is 1. The summed E-state index contributed by atoms with van der Waals surface area (Å²) in [6.07, 6.45) is 2.66. The molecule has 0 aliphatic rings. The van der Waals surface area contributed by atoms with Crippen LogP contribution < -0.4 is 4.74 Å². The van der Waals surface area contributed by atoms with Crippen LogP contribution in [-0.4, -0.2) is 50.8 Å². The second-order valence-electron chi connectivity index (χ2n) is 12.1. The van der Waals surface area contributed by atoms with Crippen molar-refractivity contribution in [2.75, 3.05) is 7.11 Å². The summed E-state index contributed by atoms with van der Waals surface area (Å²) in [6, 6.07) is 22.2. The van der Waals surface area contributed by atoms with E-state index in [2.05, 4.69) is 49.4 Å². The van der Waals surface area contributed by atoms with Gasteiger partial charge in [0.15, 0.2) is 5.75 Å². The predicted molar refractivity (Wildman–Crippen MR) is 220 cm³/mol. The average molecular weight is 906 g/mol. The number of nitrogens with zero attached hydrogens (tertiary/aromatic N) is 7. The fourth-order valence-corrected chi connectivity index (χ4v) is 7.06. The molecule has 0 amide bonds. The Hall–Kier alpha value is -6.91. The van der Waals surface area contributed by atoms with E-state index >= 15 is 0 Å². The van der Waals surface area contributed by atoms with Crippen LogP contribution >= 0.6 is 24.1 Å². The molecular weight excluding hydrogens is 879 g/mol. The minimum absolute atomic E-state index is 0.0321. The van der Waals surface area contributed by atoms with Gasteiger partial charge in [0.2, 0.25) is 0 Å². The first-order valence-electron chi connectivity index (χ1n) is 16.9. The summed E-state index contributed by atoms with van der Waals surface area (Å²) in [5, 5.41) is 93.6. The van der Waals surface area contributed by atoms with Crippen molar-refractivity contribution in [2.45, 2.75) is 14.7 Å². The van der Waals surface area contributed by atoms with Gasteiger partial charge < -0.3 is 20.1 Å². The molecule has 6 rings (SSSR count). The lowest BCUT2D eigenvalue weighted by molar-refractivity contribution is -0.432. The number of phenols is 3. The van der Waals surface area contributed by atoms with Crippen LogP contribution in [-0.2, 0) is 28.9 Å². The van der Waals surface area contributed by atoms with E-state index in [1.807, 2.05) is 0 Å². The lowest BCUT2D eigenvalue weighted by atomic mass is 10.1. The third-order valence-electron chi connectivity index (χ3n) is 8.21. The first-order valence-corrected chi connectivity index (χ1v) is 19.8. The molecule has 0 unspecified atom stereocenters. The first-order chi connectivity index (χ1) is 29.8. The van der Waals surface area contributed by atoms with E-state index < -0.39 is 31.4 Å². The summed E-state index contributed by atoms with van der Waals surface area (Å²) in [5.74, 6) is -0.630. The number of methoxy groups -OCH3 is 1. The van der Waals surface area contributed by atoms with Crippen LogP contribution in [0.5, 0.6) is 23.0 Å². The summed E-state index contributed by atoms with van der Waals surface area (Å²) in [7, 11) is -3.53. The van der Waals surface area contributed by atoms with Crippen molar-refractivity contribution >= 4 is 96.9 Å². The Balaban J connectivity index is 1.26. The molecule has 0 heterocycles. The van der Waals surface area contributed by atoms with E-state index in [1.165, 1.54) is 61.7 Å². The number of azo groups is 3. The Morgan fingerprint density at radius 1 is 0.677 bits per heavy atom. The maximum absolute atomic E-state index is 12.0. The predicted octanol–water partition coefficient (Wildman–Crippen LogP) is 11.4. The minimum Gasteiger partial charge on any atom is -0.508 e. The third kappa shape index (κ3) is 11.1. The number of fused-ring (bicyclic) bond motifs is 1. The lowest BCUT2D eigenvalue weighted by Gasteiger charge is -2.10. The van der Waals surface area contributed by atoms with E-state index in [1.54, 1.807) is 36.4 Å². The molecule has 6 aromatic rings. The van der Waals surface area contributed by atoms with Gasteiger partial charge in [-0.25, -0.2) is 10.5 Å². The molecule has 0 atom stereocenters. The van der Waals surface area contributed by atoms with Crippen molar-refractivity contribution in [2.24, 2.45) is 30.7 Å². The number of aromatic hydroxyl groups is 3. The molecule has 6 aromatic carbocycles. The molecule has 0 spiro atoms. The van der Waals surface area contributed by atoms with Crippen LogP contribution in [0.4, 0.5) is 39.8 Å². The quantitative estimate of drug-likeness (QED) is 0.00942. The highest BCUT2D eigenvalue weighted by Crippen LogP contribution is 2.46. The maximum Gasteiger partial charge on any atom is 0.295 e. The number of rotatable bonds is 17. The summed E-state index contributed by atoms with van der Waals surface area (Å²) in [5.41, 5.74) is 0.596. The van der Waals surface area contributed by atoms with Gasteiger partial charge in [0.05, 0.1) is 58.1 Å². The van der Waals surface area contributed by atoms with Crippen molar-refractivity contribution in [3.63, 3.8) is 0 Å². The van der Waals surface area contributed by atoms with Gasteiger partial charge in [-0.1, -0.05) is 28.3 Å². The Morgan fingerprint density at radius 2 is 1.29 bits per heavy atom. The normalized spacial score (nSPS) is 12.1. The molecule has 318 valence electrons. The minimum atomic E-state index is -4.85. The van der Waals surface area contributed by atoms with Crippen LogP contribution in [0.15, 0.2) is 142 Å². The van der Waals surface area contributed by atoms with E-state index in [0.717, 1.165) is 12.1 Å². The number of hydrogen-bond donors (Lipinski definition) is 6. The first kappa shape index (κ1) is 44.6. The molecular formula is C37H27N7O15S3. The zero-order valence-corrected chi connectivity index (χ0v) is 33.6. The number of non-ortho nitro benzene ring substituents is 1. The Kier molecular flexibility index (Phi) is 14.5. The van der Waals surface area contributed by atoms with Gasteiger partial charge in [0, 0.05) is 34.5 Å². The Morgan fingerprint density at radius 3 is 1.98 bits per heavy atom. The van der Waals surface area contributed by atoms with Crippen LogP contribution in [0.25, 0.3) is 22.9 Å². The number of benzene rings is 6.